The van der Waals surface area contributed by atoms with Crippen molar-refractivity contribution < 1.29 is 4.74 Å². The zero-order valence-corrected chi connectivity index (χ0v) is 8.62. The van der Waals surface area contributed by atoms with Crippen molar-refractivity contribution in [2.45, 2.75) is 25.5 Å². The van der Waals surface area contributed by atoms with E-state index in [9.17, 15) is 4.79 Å². The quantitative estimate of drug-likeness (QED) is 0.714. The molecular formula is C9H11ClN2O2. The number of rotatable bonds is 3. The first kappa shape index (κ1) is 9.68. The number of hydrogen-bond acceptors (Lipinski definition) is 3. The van der Waals surface area contributed by atoms with Gasteiger partial charge in [-0.25, -0.2) is 4.98 Å². The van der Waals surface area contributed by atoms with E-state index in [4.69, 9.17) is 16.3 Å². The molecule has 1 aliphatic carbocycles. The summed E-state index contributed by atoms with van der Waals surface area (Å²) in [6.07, 6.45) is 2.16. The van der Waals surface area contributed by atoms with Gasteiger partial charge in [-0.15, -0.1) is 0 Å². The zero-order valence-electron chi connectivity index (χ0n) is 7.86. The van der Waals surface area contributed by atoms with Crippen molar-refractivity contribution in [3.63, 3.8) is 0 Å². The highest BCUT2D eigenvalue weighted by atomic mass is 35.5. The van der Waals surface area contributed by atoms with Gasteiger partial charge in [-0.05, 0) is 12.8 Å². The van der Waals surface area contributed by atoms with E-state index in [2.05, 4.69) is 4.98 Å². The first-order valence-electron chi connectivity index (χ1n) is 4.48. The second-order valence-corrected chi connectivity index (χ2v) is 3.78. The summed E-state index contributed by atoms with van der Waals surface area (Å²) < 4.78 is 6.48. The number of hydrogen-bond donors (Lipinski definition) is 0. The molecule has 0 atom stereocenters. The first-order valence-corrected chi connectivity index (χ1v) is 4.86. The molecule has 0 amide bonds. The Hall–Kier alpha value is -0.870. The van der Waals surface area contributed by atoms with Crippen LogP contribution in [-0.2, 0) is 11.5 Å². The van der Waals surface area contributed by atoms with Crippen LogP contribution in [-0.4, -0.2) is 16.7 Å². The molecular weight excluding hydrogens is 204 g/mol. The van der Waals surface area contributed by atoms with E-state index in [0.717, 1.165) is 18.7 Å². The maximum Gasteiger partial charge on any atom is 0.256 e. The maximum absolute atomic E-state index is 11.5. The lowest BCUT2D eigenvalue weighted by Crippen LogP contribution is -2.24. The minimum atomic E-state index is -0.145. The van der Waals surface area contributed by atoms with E-state index in [1.807, 2.05) is 0 Å². The lowest BCUT2D eigenvalue weighted by molar-refractivity contribution is 0.124. The molecule has 1 fully saturated rings. The van der Waals surface area contributed by atoms with Crippen LogP contribution < -0.4 is 5.56 Å². The molecule has 0 N–H and O–H groups in total. The minimum absolute atomic E-state index is 0.145. The van der Waals surface area contributed by atoms with Gasteiger partial charge < -0.3 is 4.74 Å². The van der Waals surface area contributed by atoms with Crippen LogP contribution in [0, 0.1) is 0 Å². The third kappa shape index (κ3) is 1.81. The fraction of sp³-hybridized carbons (Fsp3) is 0.556. The van der Waals surface area contributed by atoms with Gasteiger partial charge in [0, 0.05) is 19.1 Å². The topological polar surface area (TPSA) is 44.1 Å². The average molecular weight is 215 g/mol. The largest absolute Gasteiger partial charge is 0.364 e. The molecule has 0 bridgehead atoms. The molecule has 2 rings (SSSR count). The third-order valence-electron chi connectivity index (χ3n) is 2.21. The van der Waals surface area contributed by atoms with Crippen molar-refractivity contribution in [3.8, 4) is 0 Å². The second-order valence-electron chi connectivity index (χ2n) is 3.40. The van der Waals surface area contributed by atoms with E-state index in [0.29, 0.717) is 5.92 Å². The Morgan fingerprint density at radius 3 is 3.00 bits per heavy atom. The monoisotopic (exact) mass is 214 g/mol. The van der Waals surface area contributed by atoms with Gasteiger partial charge in [-0.1, -0.05) is 11.6 Å². The highest BCUT2D eigenvalue weighted by Crippen LogP contribution is 2.38. The predicted octanol–water partition coefficient (Wildman–Crippen LogP) is 1.38. The van der Waals surface area contributed by atoms with Crippen molar-refractivity contribution in [3.05, 3.63) is 27.4 Å². The summed E-state index contributed by atoms with van der Waals surface area (Å²) in [5.74, 6) is 1.14. The lowest BCUT2D eigenvalue weighted by atomic mass is 10.4. The Morgan fingerprint density at radius 2 is 2.43 bits per heavy atom. The van der Waals surface area contributed by atoms with Crippen LogP contribution in [0.2, 0.25) is 5.15 Å². The minimum Gasteiger partial charge on any atom is -0.364 e. The van der Waals surface area contributed by atoms with E-state index >= 15 is 0 Å². The molecule has 1 heterocycles. The maximum atomic E-state index is 11.5. The van der Waals surface area contributed by atoms with Gasteiger partial charge in [0.1, 0.15) is 17.7 Å². The molecule has 5 heteroatoms. The lowest BCUT2D eigenvalue weighted by Gasteiger charge is -2.09. The highest BCUT2D eigenvalue weighted by molar-refractivity contribution is 6.29. The van der Waals surface area contributed by atoms with Gasteiger partial charge in [0.05, 0.1) is 0 Å². The molecule has 1 saturated carbocycles. The molecule has 4 nitrogen and oxygen atoms in total. The van der Waals surface area contributed by atoms with Gasteiger partial charge in [0.2, 0.25) is 0 Å². The van der Waals surface area contributed by atoms with E-state index in [1.165, 1.54) is 10.6 Å². The number of ether oxygens (including phenoxy) is 1. The Balaban J connectivity index is 2.47. The summed E-state index contributed by atoms with van der Waals surface area (Å²) in [5.41, 5.74) is -0.145. The molecule has 0 aliphatic heterocycles. The van der Waals surface area contributed by atoms with E-state index in [-0.39, 0.29) is 17.4 Å². The van der Waals surface area contributed by atoms with Crippen LogP contribution in [0.4, 0.5) is 0 Å². The third-order valence-corrected chi connectivity index (χ3v) is 2.40. The summed E-state index contributed by atoms with van der Waals surface area (Å²) >= 11 is 5.73. The second kappa shape index (κ2) is 3.71. The van der Waals surface area contributed by atoms with Crippen LogP contribution in [0.3, 0.4) is 0 Å². The summed E-state index contributed by atoms with van der Waals surface area (Å²) in [6, 6.07) is 1.31. The Labute approximate surface area is 86.5 Å². The van der Waals surface area contributed by atoms with Crippen molar-refractivity contribution in [1.82, 2.24) is 9.55 Å². The van der Waals surface area contributed by atoms with Crippen molar-refractivity contribution >= 4 is 11.6 Å². The normalized spacial score (nSPS) is 15.9. The van der Waals surface area contributed by atoms with Gasteiger partial charge in [-0.2, -0.15) is 0 Å². The summed E-state index contributed by atoms with van der Waals surface area (Å²) in [6.45, 7) is 0.245. The summed E-state index contributed by atoms with van der Waals surface area (Å²) in [5, 5.41) is 0.268. The Kier molecular flexibility index (Phi) is 2.56. The summed E-state index contributed by atoms with van der Waals surface area (Å²) in [4.78, 5) is 15.7. The van der Waals surface area contributed by atoms with Crippen LogP contribution in [0.15, 0.2) is 10.9 Å². The van der Waals surface area contributed by atoms with Gasteiger partial charge in [-0.3, -0.25) is 9.36 Å². The van der Waals surface area contributed by atoms with Gasteiger partial charge in [0.25, 0.3) is 5.56 Å². The number of aromatic nitrogens is 2. The molecule has 0 saturated heterocycles. The molecule has 0 radical (unpaired) electrons. The van der Waals surface area contributed by atoms with Gasteiger partial charge >= 0.3 is 0 Å². The molecule has 1 aromatic heterocycles. The van der Waals surface area contributed by atoms with Crippen LogP contribution in [0.25, 0.3) is 0 Å². The molecule has 0 spiro atoms. The zero-order chi connectivity index (χ0) is 10.1. The fourth-order valence-corrected chi connectivity index (χ4v) is 1.59. The Morgan fingerprint density at radius 1 is 1.71 bits per heavy atom. The number of halogens is 1. The fourth-order valence-electron chi connectivity index (χ4n) is 1.41. The molecule has 0 aromatic carbocycles. The SMILES string of the molecule is COCn1c(C2CC2)nc(Cl)cc1=O. The Bertz CT molecular complexity index is 398. The predicted molar refractivity (Wildman–Crippen MR) is 52.5 cm³/mol. The van der Waals surface area contributed by atoms with E-state index < -0.39 is 0 Å². The molecule has 1 aromatic rings. The average Bonchev–Trinajstić information content (AvgIpc) is 2.92. The smallest absolute Gasteiger partial charge is 0.256 e. The number of nitrogens with zero attached hydrogens (tertiary/aromatic N) is 2. The highest BCUT2D eigenvalue weighted by Gasteiger charge is 2.28. The van der Waals surface area contributed by atoms with Gasteiger partial charge in [0.15, 0.2) is 0 Å². The standard InChI is InChI=1S/C9H11ClN2O2/c1-14-5-12-8(13)4-7(10)11-9(12)6-2-3-6/h4,6H,2-3,5H2,1H3. The van der Waals surface area contributed by atoms with Crippen LogP contribution in [0.5, 0.6) is 0 Å². The first-order chi connectivity index (χ1) is 6.72. The molecule has 0 unspecified atom stereocenters. The van der Waals surface area contributed by atoms with Crippen LogP contribution >= 0.6 is 11.6 Å². The summed E-state index contributed by atoms with van der Waals surface area (Å²) in [7, 11) is 1.55. The molecule has 1 aliphatic rings. The van der Waals surface area contributed by atoms with Crippen molar-refractivity contribution in [2.24, 2.45) is 0 Å². The van der Waals surface area contributed by atoms with Crippen molar-refractivity contribution in [1.29, 1.82) is 0 Å². The van der Waals surface area contributed by atoms with Crippen molar-refractivity contribution in [2.75, 3.05) is 7.11 Å². The number of methoxy groups -OCH3 is 1. The molecule has 14 heavy (non-hydrogen) atoms. The molecule has 76 valence electrons. The van der Waals surface area contributed by atoms with Crippen LogP contribution in [0.1, 0.15) is 24.6 Å². The van der Waals surface area contributed by atoms with E-state index in [1.54, 1.807) is 7.11 Å².